The number of hydrogen-bond acceptors (Lipinski definition) is 9. The Bertz CT molecular complexity index is 789. The molecule has 24 heavy (non-hydrogen) atoms. The molecule has 0 unspecified atom stereocenters. The van der Waals surface area contributed by atoms with Gasteiger partial charge in [-0.1, -0.05) is 11.8 Å². The van der Waals surface area contributed by atoms with E-state index in [1.54, 1.807) is 0 Å². The van der Waals surface area contributed by atoms with E-state index in [1.165, 1.54) is 35.2 Å². The zero-order chi connectivity index (χ0) is 17.7. The monoisotopic (exact) mass is 368 g/mol. The van der Waals surface area contributed by atoms with Crippen LogP contribution in [0.25, 0.3) is 0 Å². The first-order valence-corrected chi connectivity index (χ1v) is 8.22. The molecule has 1 aromatic carbocycles. The van der Waals surface area contributed by atoms with Gasteiger partial charge < -0.3 is 9.47 Å². The number of rotatable bonds is 6. The summed E-state index contributed by atoms with van der Waals surface area (Å²) in [4.78, 5) is 38.3. The van der Waals surface area contributed by atoms with Crippen molar-refractivity contribution in [3.63, 3.8) is 0 Å². The molecule has 2 rings (SSSR count). The fraction of sp³-hybridized carbons (Fsp3) is 0.214. The highest BCUT2D eigenvalue weighted by Crippen LogP contribution is 2.34. The molecule has 0 aliphatic carbocycles. The van der Waals surface area contributed by atoms with Crippen LogP contribution in [0, 0.1) is 17.0 Å². The molecule has 0 saturated heterocycles. The average molecular weight is 368 g/mol. The largest absolute Gasteiger partial charge is 0.466 e. The van der Waals surface area contributed by atoms with Crippen LogP contribution in [0.5, 0.6) is 0 Å². The Kier molecular flexibility index (Phi) is 5.88. The van der Waals surface area contributed by atoms with Crippen molar-refractivity contribution < 1.29 is 24.0 Å². The second kappa shape index (κ2) is 7.88. The third-order valence-corrected chi connectivity index (χ3v) is 4.87. The predicted molar refractivity (Wildman–Crippen MR) is 86.4 cm³/mol. The molecule has 0 atom stereocenters. The van der Waals surface area contributed by atoms with Gasteiger partial charge in [-0.05, 0) is 13.0 Å². The smallest absolute Gasteiger partial charge is 0.344 e. The van der Waals surface area contributed by atoms with Gasteiger partial charge in [-0.25, -0.2) is 14.6 Å². The van der Waals surface area contributed by atoms with Gasteiger partial charge in [0.25, 0.3) is 5.69 Å². The van der Waals surface area contributed by atoms with Gasteiger partial charge in [0.2, 0.25) is 0 Å². The van der Waals surface area contributed by atoms with Crippen LogP contribution in [0.1, 0.15) is 16.1 Å². The summed E-state index contributed by atoms with van der Waals surface area (Å²) < 4.78 is 9.91. The standard InChI is InChI=1S/C14H12N2O6S2/c1-8-7-23-14(15-8)24-11-4-3-9(16(19)20)5-10(11)13(18)22-6-12(17)21-2/h3-5,7H,6H2,1-2H3. The van der Waals surface area contributed by atoms with Crippen LogP contribution in [-0.2, 0) is 14.3 Å². The van der Waals surface area contributed by atoms with E-state index in [1.807, 2.05) is 12.3 Å². The summed E-state index contributed by atoms with van der Waals surface area (Å²) in [5.41, 5.74) is 0.574. The third-order valence-electron chi connectivity index (χ3n) is 2.74. The minimum atomic E-state index is -0.847. The van der Waals surface area contributed by atoms with Crippen LogP contribution in [0.4, 0.5) is 5.69 Å². The summed E-state index contributed by atoms with van der Waals surface area (Å²) in [5.74, 6) is -1.57. The molecule has 10 heteroatoms. The maximum absolute atomic E-state index is 12.2. The summed E-state index contributed by atoms with van der Waals surface area (Å²) in [6, 6.07) is 3.86. The lowest BCUT2D eigenvalue weighted by atomic mass is 10.2. The molecule has 0 bridgehead atoms. The van der Waals surface area contributed by atoms with E-state index in [2.05, 4.69) is 9.72 Å². The highest BCUT2D eigenvalue weighted by Gasteiger charge is 2.20. The number of ether oxygens (including phenoxy) is 2. The van der Waals surface area contributed by atoms with Crippen LogP contribution >= 0.6 is 23.1 Å². The van der Waals surface area contributed by atoms with Crippen LogP contribution in [0.3, 0.4) is 0 Å². The number of esters is 2. The molecule has 0 aliphatic rings. The van der Waals surface area contributed by atoms with E-state index < -0.39 is 23.5 Å². The van der Waals surface area contributed by atoms with Gasteiger partial charge in [0, 0.05) is 28.1 Å². The molecule has 0 spiro atoms. The number of carbonyl (C=O) groups is 2. The van der Waals surface area contributed by atoms with E-state index in [9.17, 15) is 19.7 Å². The Morgan fingerprint density at radius 2 is 2.17 bits per heavy atom. The Labute approximate surface area is 144 Å². The number of nitro benzene ring substituents is 1. The molecule has 0 saturated carbocycles. The van der Waals surface area contributed by atoms with Crippen molar-refractivity contribution in [3.8, 4) is 0 Å². The molecule has 1 aromatic heterocycles. The summed E-state index contributed by atoms with van der Waals surface area (Å²) >= 11 is 2.58. The molecule has 1 heterocycles. The predicted octanol–water partition coefficient (Wildman–Crippen LogP) is 2.84. The number of benzene rings is 1. The number of methoxy groups -OCH3 is 1. The highest BCUT2D eigenvalue weighted by molar-refractivity contribution is 8.01. The van der Waals surface area contributed by atoms with Gasteiger partial charge >= 0.3 is 11.9 Å². The number of nitrogens with zero attached hydrogens (tertiary/aromatic N) is 2. The Morgan fingerprint density at radius 3 is 2.75 bits per heavy atom. The summed E-state index contributed by atoms with van der Waals surface area (Å²) in [5, 5.41) is 12.8. The van der Waals surface area contributed by atoms with Crippen molar-refractivity contribution in [3.05, 3.63) is 45.0 Å². The maximum Gasteiger partial charge on any atom is 0.344 e. The van der Waals surface area contributed by atoms with Crippen molar-refractivity contribution in [1.29, 1.82) is 0 Å². The maximum atomic E-state index is 12.2. The molecule has 0 radical (unpaired) electrons. The van der Waals surface area contributed by atoms with Gasteiger partial charge in [-0.15, -0.1) is 11.3 Å². The third kappa shape index (κ3) is 4.52. The molecule has 8 nitrogen and oxygen atoms in total. The normalized spacial score (nSPS) is 10.2. The SMILES string of the molecule is COC(=O)COC(=O)c1cc([N+](=O)[O-])ccc1Sc1nc(C)cs1. The number of carbonyl (C=O) groups excluding carboxylic acids is 2. The van der Waals surface area contributed by atoms with E-state index in [-0.39, 0.29) is 11.3 Å². The molecular formula is C14H12N2O6S2. The number of nitro groups is 1. The van der Waals surface area contributed by atoms with E-state index in [0.29, 0.717) is 9.24 Å². The molecule has 126 valence electrons. The topological polar surface area (TPSA) is 109 Å². The lowest BCUT2D eigenvalue weighted by Gasteiger charge is -2.08. The minimum Gasteiger partial charge on any atom is -0.466 e. The van der Waals surface area contributed by atoms with Crippen molar-refractivity contribution >= 4 is 40.7 Å². The van der Waals surface area contributed by atoms with Crippen LogP contribution in [-0.4, -0.2) is 35.6 Å². The minimum absolute atomic E-state index is 0.00837. The van der Waals surface area contributed by atoms with Gasteiger partial charge in [0.15, 0.2) is 10.9 Å². The van der Waals surface area contributed by atoms with Crippen LogP contribution in [0.15, 0.2) is 32.8 Å². The second-order valence-electron chi connectivity index (χ2n) is 4.45. The fourth-order valence-corrected chi connectivity index (χ4v) is 3.51. The zero-order valence-corrected chi connectivity index (χ0v) is 14.3. The summed E-state index contributed by atoms with van der Waals surface area (Å²) in [6.45, 7) is 1.26. The summed E-state index contributed by atoms with van der Waals surface area (Å²) in [7, 11) is 1.16. The Balaban J connectivity index is 2.30. The van der Waals surface area contributed by atoms with Crippen molar-refractivity contribution in [2.24, 2.45) is 0 Å². The first-order valence-electron chi connectivity index (χ1n) is 6.53. The first kappa shape index (κ1) is 17.9. The van der Waals surface area contributed by atoms with Crippen molar-refractivity contribution in [2.75, 3.05) is 13.7 Å². The van der Waals surface area contributed by atoms with E-state index in [4.69, 9.17) is 4.74 Å². The number of aromatic nitrogens is 1. The van der Waals surface area contributed by atoms with Gasteiger partial charge in [-0.3, -0.25) is 10.1 Å². The average Bonchev–Trinajstić information content (AvgIpc) is 2.97. The van der Waals surface area contributed by atoms with Gasteiger partial charge in [0.1, 0.15) is 0 Å². The molecule has 0 aliphatic heterocycles. The Morgan fingerprint density at radius 1 is 1.42 bits per heavy atom. The van der Waals surface area contributed by atoms with E-state index in [0.717, 1.165) is 18.9 Å². The second-order valence-corrected chi connectivity index (χ2v) is 6.59. The Hall–Kier alpha value is -2.46. The first-order chi connectivity index (χ1) is 11.4. The molecule has 2 aromatic rings. The number of hydrogen-bond donors (Lipinski definition) is 0. The molecular weight excluding hydrogens is 356 g/mol. The molecule has 0 fully saturated rings. The van der Waals surface area contributed by atoms with Gasteiger partial charge in [-0.2, -0.15) is 0 Å². The lowest BCUT2D eigenvalue weighted by molar-refractivity contribution is -0.384. The van der Waals surface area contributed by atoms with Crippen molar-refractivity contribution in [1.82, 2.24) is 4.98 Å². The molecule has 0 N–H and O–H groups in total. The number of thiazole rings is 1. The zero-order valence-electron chi connectivity index (χ0n) is 12.7. The van der Waals surface area contributed by atoms with Gasteiger partial charge in [0.05, 0.1) is 17.6 Å². The molecule has 0 amide bonds. The summed E-state index contributed by atoms with van der Waals surface area (Å²) in [6.07, 6.45) is 0. The quantitative estimate of drug-likeness (QED) is 0.435. The van der Waals surface area contributed by atoms with Crippen molar-refractivity contribution in [2.45, 2.75) is 16.2 Å². The van der Waals surface area contributed by atoms with E-state index >= 15 is 0 Å². The number of non-ortho nitro benzene ring substituents is 1. The number of aryl methyl sites for hydroxylation is 1. The fourth-order valence-electron chi connectivity index (χ4n) is 1.61. The van der Waals surface area contributed by atoms with Crippen LogP contribution < -0.4 is 0 Å². The lowest BCUT2D eigenvalue weighted by Crippen LogP contribution is -2.15. The van der Waals surface area contributed by atoms with Crippen LogP contribution in [0.2, 0.25) is 0 Å². The highest BCUT2D eigenvalue weighted by atomic mass is 32.2.